The van der Waals surface area contributed by atoms with Gasteiger partial charge in [-0.05, 0) is 36.4 Å². The highest BCUT2D eigenvalue weighted by atomic mass is 16.5. The zero-order valence-corrected chi connectivity index (χ0v) is 16.8. The van der Waals surface area contributed by atoms with Crippen LogP contribution in [-0.4, -0.2) is 33.9 Å². The van der Waals surface area contributed by atoms with E-state index in [1.165, 1.54) is 19.4 Å². The van der Waals surface area contributed by atoms with E-state index in [-0.39, 0.29) is 5.69 Å². The first kappa shape index (κ1) is 19.9. The molecule has 2 aromatic carbocycles. The zero-order valence-electron chi connectivity index (χ0n) is 16.8. The number of pyridine rings is 1. The molecule has 0 spiro atoms. The van der Waals surface area contributed by atoms with Gasteiger partial charge in [-0.15, -0.1) is 0 Å². The van der Waals surface area contributed by atoms with E-state index in [0.717, 1.165) is 10.9 Å². The Kier molecular flexibility index (Phi) is 5.48. The lowest BCUT2D eigenvalue weighted by molar-refractivity contribution is 0.0593. The fourth-order valence-corrected chi connectivity index (χ4v) is 3.00. The number of methoxy groups -OCH3 is 1. The second-order valence-corrected chi connectivity index (χ2v) is 6.62. The minimum absolute atomic E-state index is 0.138. The Morgan fingerprint density at radius 2 is 1.74 bits per heavy atom. The molecule has 0 fully saturated rings. The molecule has 2 N–H and O–H groups in total. The predicted octanol–water partition coefficient (Wildman–Crippen LogP) is 4.19. The molecule has 0 atom stereocenters. The molecule has 9 heteroatoms. The maximum Gasteiger partial charge on any atom is 0.356 e. The molecule has 2 heterocycles. The molecular weight excluding hydrogens is 398 g/mol. The average molecular weight is 417 g/mol. The zero-order chi connectivity index (χ0) is 21.8. The second-order valence-electron chi connectivity index (χ2n) is 6.62. The molecule has 0 aliphatic rings. The number of hydrogen-bond donors (Lipinski definition) is 2. The summed E-state index contributed by atoms with van der Waals surface area (Å²) >= 11 is 0. The van der Waals surface area contributed by atoms with Crippen molar-refractivity contribution in [2.75, 3.05) is 17.7 Å². The molecule has 0 aliphatic carbocycles. The van der Waals surface area contributed by atoms with Gasteiger partial charge in [0.15, 0.2) is 5.69 Å². The number of anilines is 2. The quantitative estimate of drug-likeness (QED) is 0.472. The fraction of sp³-hybridized carbons (Fsp3) is 0.0909. The smallest absolute Gasteiger partial charge is 0.356 e. The summed E-state index contributed by atoms with van der Waals surface area (Å²) in [5.41, 5.74) is 2.30. The molecule has 2 amide bonds. The van der Waals surface area contributed by atoms with Crippen LogP contribution in [0.2, 0.25) is 0 Å². The topological polar surface area (TPSA) is 107 Å². The highest BCUT2D eigenvalue weighted by Gasteiger charge is 2.10. The van der Waals surface area contributed by atoms with E-state index >= 15 is 0 Å². The normalized spacial score (nSPS) is 10.5. The number of nitrogens with zero attached hydrogens (tertiary/aromatic N) is 3. The molecule has 4 rings (SSSR count). The van der Waals surface area contributed by atoms with Crippen molar-refractivity contribution >= 4 is 34.3 Å². The van der Waals surface area contributed by atoms with Crippen LogP contribution in [0.5, 0.6) is 11.5 Å². The van der Waals surface area contributed by atoms with Crippen molar-refractivity contribution in [1.82, 2.24) is 14.8 Å². The summed E-state index contributed by atoms with van der Waals surface area (Å²) in [6.07, 6.45) is 3.19. The van der Waals surface area contributed by atoms with Gasteiger partial charge < -0.3 is 20.1 Å². The van der Waals surface area contributed by atoms with Gasteiger partial charge in [-0.1, -0.05) is 6.07 Å². The van der Waals surface area contributed by atoms with Gasteiger partial charge in [0.1, 0.15) is 11.5 Å². The number of benzene rings is 2. The summed E-state index contributed by atoms with van der Waals surface area (Å²) in [6, 6.07) is 15.1. The number of aromatic nitrogens is 3. The van der Waals surface area contributed by atoms with Crippen molar-refractivity contribution in [3.05, 3.63) is 72.7 Å². The number of aryl methyl sites for hydroxylation is 1. The van der Waals surface area contributed by atoms with Crippen LogP contribution in [-0.2, 0) is 11.8 Å². The van der Waals surface area contributed by atoms with E-state index in [0.29, 0.717) is 22.9 Å². The minimum Gasteiger partial charge on any atom is -0.464 e. The molecule has 0 unspecified atom stereocenters. The lowest BCUT2D eigenvalue weighted by Gasteiger charge is -2.10. The number of hydrogen-bond acceptors (Lipinski definition) is 6. The van der Waals surface area contributed by atoms with Crippen LogP contribution < -0.4 is 15.4 Å². The average Bonchev–Trinajstić information content (AvgIpc) is 3.13. The highest BCUT2D eigenvalue weighted by molar-refractivity contribution is 6.01. The third kappa shape index (κ3) is 4.61. The standard InChI is InChI=1S/C22H19N5O4/c1-27-20-7-6-16(10-14(20)13-24-27)26-22(29)25-15-4-3-5-17(11-15)31-18-8-9-23-19(12-18)21(28)30-2/h3-13H,1-2H3,(H2,25,26,29). The Bertz CT molecular complexity index is 1270. The number of carbonyl (C=O) groups is 2. The van der Waals surface area contributed by atoms with E-state index in [2.05, 4.69) is 25.5 Å². The lowest BCUT2D eigenvalue weighted by atomic mass is 10.2. The van der Waals surface area contributed by atoms with Crippen LogP contribution in [0.4, 0.5) is 16.2 Å². The molecule has 0 saturated carbocycles. The number of carbonyl (C=O) groups excluding carboxylic acids is 2. The van der Waals surface area contributed by atoms with Crippen molar-refractivity contribution < 1.29 is 19.1 Å². The molecule has 2 aromatic heterocycles. The summed E-state index contributed by atoms with van der Waals surface area (Å²) < 4.78 is 12.2. The van der Waals surface area contributed by atoms with Crippen molar-refractivity contribution in [3.63, 3.8) is 0 Å². The van der Waals surface area contributed by atoms with Gasteiger partial charge >= 0.3 is 12.0 Å². The summed E-state index contributed by atoms with van der Waals surface area (Å²) in [5.74, 6) is 0.348. The van der Waals surface area contributed by atoms with E-state index in [1.54, 1.807) is 41.2 Å². The van der Waals surface area contributed by atoms with Gasteiger partial charge in [-0.25, -0.2) is 14.6 Å². The maximum absolute atomic E-state index is 12.4. The first-order valence-electron chi connectivity index (χ1n) is 9.34. The Labute approximate surface area is 177 Å². The number of urea groups is 1. The Morgan fingerprint density at radius 3 is 2.55 bits per heavy atom. The molecule has 0 saturated heterocycles. The lowest BCUT2D eigenvalue weighted by Crippen LogP contribution is -2.19. The third-order valence-electron chi connectivity index (χ3n) is 4.46. The SMILES string of the molecule is COC(=O)c1cc(Oc2cccc(NC(=O)Nc3ccc4c(cnn4C)c3)c2)ccn1. The molecule has 4 aromatic rings. The van der Waals surface area contributed by atoms with Gasteiger partial charge in [-0.3, -0.25) is 4.68 Å². The Hall–Kier alpha value is -4.40. The molecule has 31 heavy (non-hydrogen) atoms. The number of rotatable bonds is 5. The van der Waals surface area contributed by atoms with Crippen LogP contribution in [0.15, 0.2) is 67.0 Å². The summed E-state index contributed by atoms with van der Waals surface area (Å²) in [5, 5.41) is 10.7. The first-order chi connectivity index (χ1) is 15.0. The van der Waals surface area contributed by atoms with Crippen molar-refractivity contribution in [3.8, 4) is 11.5 Å². The number of esters is 1. The summed E-state index contributed by atoms with van der Waals surface area (Å²) in [4.78, 5) is 28.0. The van der Waals surface area contributed by atoms with Crippen LogP contribution in [0.1, 0.15) is 10.5 Å². The largest absolute Gasteiger partial charge is 0.464 e. The first-order valence-corrected chi connectivity index (χ1v) is 9.34. The van der Waals surface area contributed by atoms with Crippen LogP contribution in [0.25, 0.3) is 10.9 Å². The van der Waals surface area contributed by atoms with Crippen molar-refractivity contribution in [2.45, 2.75) is 0 Å². The minimum atomic E-state index is -0.554. The van der Waals surface area contributed by atoms with E-state index < -0.39 is 12.0 Å². The maximum atomic E-state index is 12.4. The second kappa shape index (κ2) is 8.54. The number of fused-ring (bicyclic) bond motifs is 1. The predicted molar refractivity (Wildman–Crippen MR) is 115 cm³/mol. The highest BCUT2D eigenvalue weighted by Crippen LogP contribution is 2.25. The summed E-state index contributed by atoms with van der Waals surface area (Å²) in [7, 11) is 3.14. The number of ether oxygens (including phenoxy) is 2. The van der Waals surface area contributed by atoms with Gasteiger partial charge in [-0.2, -0.15) is 5.10 Å². The van der Waals surface area contributed by atoms with E-state index in [1.807, 2.05) is 25.2 Å². The Morgan fingerprint density at radius 1 is 0.968 bits per heavy atom. The fourth-order valence-electron chi connectivity index (χ4n) is 3.00. The van der Waals surface area contributed by atoms with Gasteiger partial charge in [0, 0.05) is 42.1 Å². The third-order valence-corrected chi connectivity index (χ3v) is 4.46. The molecular formula is C22H19N5O4. The van der Waals surface area contributed by atoms with Crippen molar-refractivity contribution in [2.24, 2.45) is 7.05 Å². The summed E-state index contributed by atoms with van der Waals surface area (Å²) in [6.45, 7) is 0. The van der Waals surface area contributed by atoms with E-state index in [9.17, 15) is 9.59 Å². The van der Waals surface area contributed by atoms with Crippen LogP contribution >= 0.6 is 0 Å². The van der Waals surface area contributed by atoms with Crippen LogP contribution in [0.3, 0.4) is 0 Å². The number of nitrogens with one attached hydrogen (secondary N) is 2. The monoisotopic (exact) mass is 417 g/mol. The van der Waals surface area contributed by atoms with E-state index in [4.69, 9.17) is 4.74 Å². The molecule has 0 bridgehead atoms. The Balaban J connectivity index is 1.43. The molecule has 156 valence electrons. The molecule has 0 aliphatic heterocycles. The van der Waals surface area contributed by atoms with Gasteiger partial charge in [0.25, 0.3) is 0 Å². The van der Waals surface area contributed by atoms with Gasteiger partial charge in [0.2, 0.25) is 0 Å². The number of amides is 2. The van der Waals surface area contributed by atoms with Gasteiger partial charge in [0.05, 0.1) is 18.8 Å². The van der Waals surface area contributed by atoms with Crippen molar-refractivity contribution in [1.29, 1.82) is 0 Å². The molecule has 9 nitrogen and oxygen atoms in total. The molecule has 0 radical (unpaired) electrons. The van der Waals surface area contributed by atoms with Crippen LogP contribution in [0, 0.1) is 0 Å².